The summed E-state index contributed by atoms with van der Waals surface area (Å²) in [6.45, 7) is 0. The Labute approximate surface area is 212 Å². The van der Waals surface area contributed by atoms with E-state index in [4.69, 9.17) is 0 Å². The monoisotopic (exact) mass is 485 g/mol. The molecule has 0 radical (unpaired) electrons. The maximum atomic E-state index is 16.1. The van der Waals surface area contributed by atoms with Crippen LogP contribution in [0.15, 0.2) is 120 Å². The summed E-state index contributed by atoms with van der Waals surface area (Å²) in [6, 6.07) is 33.0. The lowest BCUT2D eigenvalue weighted by Crippen LogP contribution is -2.16. The molecule has 1 unspecified atom stereocenters. The van der Waals surface area contributed by atoms with E-state index in [0.717, 1.165) is 33.1 Å². The Morgan fingerprint density at radius 3 is 2.35 bits per heavy atom. The van der Waals surface area contributed by atoms with Gasteiger partial charge in [-0.05, 0) is 47.5 Å². The minimum absolute atomic E-state index is 0.0392. The van der Waals surface area contributed by atoms with E-state index in [1.165, 1.54) is 12.1 Å². The van der Waals surface area contributed by atoms with Crippen molar-refractivity contribution in [2.24, 2.45) is 4.99 Å². The molecule has 6 aromatic rings. The zero-order chi connectivity index (χ0) is 25.0. The molecule has 0 aliphatic carbocycles. The van der Waals surface area contributed by atoms with Crippen molar-refractivity contribution in [3.8, 4) is 5.82 Å². The Bertz CT molecular complexity index is 1820. The minimum Gasteiger partial charge on any atom is -0.294 e. The quantitative estimate of drug-likeness (QED) is 0.248. The maximum absolute atomic E-state index is 16.1. The average molecular weight is 486 g/mol. The molecule has 37 heavy (non-hydrogen) atoms. The van der Waals surface area contributed by atoms with Crippen molar-refractivity contribution in [2.45, 2.75) is 11.8 Å². The van der Waals surface area contributed by atoms with Gasteiger partial charge in [0.2, 0.25) is 0 Å². The lowest BCUT2D eigenvalue weighted by atomic mass is 9.90. The van der Waals surface area contributed by atoms with E-state index in [2.05, 4.69) is 9.98 Å². The topological polar surface area (TPSA) is 30.2 Å². The summed E-state index contributed by atoms with van der Waals surface area (Å²) in [5.41, 5.74) is 4.25. The first-order valence-corrected chi connectivity index (χ1v) is 12.2. The van der Waals surface area contributed by atoms with Crippen molar-refractivity contribution in [1.29, 1.82) is 0 Å². The van der Waals surface area contributed by atoms with E-state index in [1.807, 2.05) is 83.6 Å². The number of aromatic nitrogens is 2. The lowest BCUT2D eigenvalue weighted by molar-refractivity contribution is 0.0429. The number of hydrogen-bond donors (Lipinski definition) is 0. The summed E-state index contributed by atoms with van der Waals surface area (Å²) < 4.78 is 34.2. The third-order valence-corrected chi connectivity index (χ3v) is 7.16. The Hall–Kier alpha value is -4.64. The standard InChI is InChI=1S/C32H21F2N3/c33-32(34,22-9-7-8-21(18-22)27-20-36-28-12-3-1-10-24(27)28)23-15-16-26-25-11-2-4-13-29(25)37(30(26)19-23)31-14-5-6-17-35-31/h1-20,27H. The zero-order valence-electron chi connectivity index (χ0n) is 19.7. The molecular formula is C32H21F2N3. The van der Waals surface area contributed by atoms with Crippen molar-refractivity contribution in [2.75, 3.05) is 0 Å². The van der Waals surface area contributed by atoms with Crippen LogP contribution in [0.25, 0.3) is 27.6 Å². The highest BCUT2D eigenvalue weighted by atomic mass is 19.3. The minimum atomic E-state index is -3.19. The van der Waals surface area contributed by atoms with Gasteiger partial charge >= 0.3 is 0 Å². The van der Waals surface area contributed by atoms with Gasteiger partial charge in [0.15, 0.2) is 0 Å². The maximum Gasteiger partial charge on any atom is 0.298 e. The number of rotatable bonds is 4. The van der Waals surface area contributed by atoms with Crippen LogP contribution in [0.1, 0.15) is 28.2 Å². The molecule has 0 saturated carbocycles. The van der Waals surface area contributed by atoms with Crippen LogP contribution in [0, 0.1) is 0 Å². The fraction of sp³-hybridized carbons (Fsp3) is 0.0625. The van der Waals surface area contributed by atoms with Gasteiger partial charge in [0.1, 0.15) is 5.82 Å². The number of pyridine rings is 1. The fourth-order valence-electron chi connectivity index (χ4n) is 5.36. The van der Waals surface area contributed by atoms with Gasteiger partial charge in [0.25, 0.3) is 5.92 Å². The largest absolute Gasteiger partial charge is 0.298 e. The van der Waals surface area contributed by atoms with E-state index >= 15 is 8.78 Å². The molecule has 1 aliphatic rings. The SMILES string of the molecule is FC(F)(c1cccc(C2C=Nc3ccccc32)c1)c1ccc2c3ccccc3n(-c3ccccn3)c2c1. The van der Waals surface area contributed by atoms with E-state index in [-0.39, 0.29) is 17.0 Å². The molecule has 1 atom stereocenters. The first-order valence-electron chi connectivity index (χ1n) is 12.2. The van der Waals surface area contributed by atoms with Crippen LogP contribution in [0.3, 0.4) is 0 Å². The summed E-state index contributed by atoms with van der Waals surface area (Å²) in [4.78, 5) is 8.99. The Kier molecular flexibility index (Phi) is 4.80. The summed E-state index contributed by atoms with van der Waals surface area (Å²) in [5, 5.41) is 1.91. The summed E-state index contributed by atoms with van der Waals surface area (Å²) in [6.07, 6.45) is 3.55. The second-order valence-corrected chi connectivity index (χ2v) is 9.29. The number of aliphatic imine (C=N–C) groups is 1. The van der Waals surface area contributed by atoms with Gasteiger partial charge in [-0.3, -0.25) is 9.56 Å². The van der Waals surface area contributed by atoms with Gasteiger partial charge in [0, 0.05) is 40.2 Å². The molecular weight excluding hydrogens is 464 g/mol. The lowest BCUT2D eigenvalue weighted by Gasteiger charge is -2.20. The smallest absolute Gasteiger partial charge is 0.294 e. The molecule has 0 saturated heterocycles. The number of alkyl halides is 2. The highest BCUT2D eigenvalue weighted by Crippen LogP contribution is 2.42. The Balaban J connectivity index is 1.37. The van der Waals surface area contributed by atoms with Crippen molar-refractivity contribution < 1.29 is 8.78 Å². The second kappa shape index (κ2) is 8.20. The van der Waals surface area contributed by atoms with Gasteiger partial charge in [-0.1, -0.05) is 72.8 Å². The van der Waals surface area contributed by atoms with Crippen molar-refractivity contribution in [1.82, 2.24) is 9.55 Å². The highest BCUT2D eigenvalue weighted by Gasteiger charge is 2.35. The molecule has 3 heterocycles. The summed E-state index contributed by atoms with van der Waals surface area (Å²) in [5.74, 6) is -2.64. The van der Waals surface area contributed by atoms with Crippen LogP contribution in [-0.4, -0.2) is 15.8 Å². The predicted molar refractivity (Wildman–Crippen MR) is 144 cm³/mol. The average Bonchev–Trinajstić information content (AvgIpc) is 3.53. The molecule has 3 nitrogen and oxygen atoms in total. The molecule has 2 aromatic heterocycles. The number of para-hydroxylation sites is 2. The van der Waals surface area contributed by atoms with Crippen molar-refractivity contribution >= 4 is 33.7 Å². The second-order valence-electron chi connectivity index (χ2n) is 9.29. The van der Waals surface area contributed by atoms with Crippen LogP contribution < -0.4 is 0 Å². The van der Waals surface area contributed by atoms with Crippen LogP contribution >= 0.6 is 0 Å². The number of halogens is 2. The molecule has 5 heteroatoms. The Morgan fingerprint density at radius 2 is 1.46 bits per heavy atom. The molecule has 0 N–H and O–H groups in total. The number of hydrogen-bond acceptors (Lipinski definition) is 2. The predicted octanol–water partition coefficient (Wildman–Crippen LogP) is 8.17. The van der Waals surface area contributed by atoms with Gasteiger partial charge in [-0.15, -0.1) is 0 Å². The normalized spacial score (nSPS) is 14.9. The summed E-state index contributed by atoms with van der Waals surface area (Å²) in [7, 11) is 0. The van der Waals surface area contributed by atoms with E-state index < -0.39 is 5.92 Å². The van der Waals surface area contributed by atoms with Crippen LogP contribution in [0.2, 0.25) is 0 Å². The fourth-order valence-corrected chi connectivity index (χ4v) is 5.36. The zero-order valence-corrected chi connectivity index (χ0v) is 19.7. The first kappa shape index (κ1) is 21.6. The van der Waals surface area contributed by atoms with Gasteiger partial charge in [-0.2, -0.15) is 8.78 Å². The molecule has 0 fully saturated rings. The Morgan fingerprint density at radius 1 is 0.676 bits per heavy atom. The number of fused-ring (bicyclic) bond motifs is 4. The van der Waals surface area contributed by atoms with E-state index in [1.54, 1.807) is 30.5 Å². The molecule has 0 spiro atoms. The van der Waals surface area contributed by atoms with Crippen LogP contribution in [-0.2, 0) is 5.92 Å². The molecule has 0 bridgehead atoms. The highest BCUT2D eigenvalue weighted by molar-refractivity contribution is 6.09. The number of benzene rings is 4. The molecule has 178 valence electrons. The molecule has 4 aromatic carbocycles. The third-order valence-electron chi connectivity index (χ3n) is 7.16. The van der Waals surface area contributed by atoms with Crippen molar-refractivity contribution in [3.05, 3.63) is 138 Å². The molecule has 0 amide bonds. The van der Waals surface area contributed by atoms with E-state index in [9.17, 15) is 0 Å². The van der Waals surface area contributed by atoms with Gasteiger partial charge in [0.05, 0.1) is 16.7 Å². The third kappa shape index (κ3) is 3.39. The van der Waals surface area contributed by atoms with Gasteiger partial charge < -0.3 is 0 Å². The van der Waals surface area contributed by atoms with Gasteiger partial charge in [-0.25, -0.2) is 4.98 Å². The van der Waals surface area contributed by atoms with Crippen molar-refractivity contribution in [3.63, 3.8) is 0 Å². The van der Waals surface area contributed by atoms with Crippen LogP contribution in [0.5, 0.6) is 0 Å². The molecule has 7 rings (SSSR count). The van der Waals surface area contributed by atoms with E-state index in [0.29, 0.717) is 11.3 Å². The van der Waals surface area contributed by atoms with Crippen LogP contribution in [0.4, 0.5) is 14.5 Å². The molecule has 1 aliphatic heterocycles. The number of nitrogens with zero attached hydrogens (tertiary/aromatic N) is 3. The first-order chi connectivity index (χ1) is 18.1. The summed E-state index contributed by atoms with van der Waals surface area (Å²) >= 11 is 0.